The molecule has 96 valence electrons. The number of carbonyl (C=O) groups is 1. The minimum atomic E-state index is -0.220. The highest BCUT2D eigenvalue weighted by molar-refractivity contribution is 5.87. The van der Waals surface area contributed by atoms with Gasteiger partial charge in [-0.3, -0.25) is 4.90 Å². The summed E-state index contributed by atoms with van der Waals surface area (Å²) in [7, 11) is 0. The highest BCUT2D eigenvalue weighted by atomic mass is 16.5. The van der Waals surface area contributed by atoms with Gasteiger partial charge in [-0.1, -0.05) is 6.08 Å². The van der Waals surface area contributed by atoms with Gasteiger partial charge in [0.1, 0.15) is 6.10 Å². The molecule has 2 aliphatic rings. The largest absolute Gasteiger partial charge is 0.457 e. The Morgan fingerprint density at radius 2 is 2.18 bits per heavy atom. The number of esters is 1. The van der Waals surface area contributed by atoms with E-state index in [1.165, 1.54) is 0 Å². The second kappa shape index (κ2) is 5.19. The van der Waals surface area contributed by atoms with Crippen molar-refractivity contribution in [2.75, 3.05) is 19.7 Å². The average Bonchev–Trinajstić information content (AvgIpc) is 2.90. The van der Waals surface area contributed by atoms with E-state index in [0.717, 1.165) is 25.9 Å². The summed E-state index contributed by atoms with van der Waals surface area (Å²) in [4.78, 5) is 14.1. The van der Waals surface area contributed by atoms with Crippen LogP contribution < -0.4 is 0 Å². The maximum atomic E-state index is 11.7. The summed E-state index contributed by atoms with van der Waals surface area (Å²) in [6.07, 6.45) is 3.63. The van der Waals surface area contributed by atoms with Gasteiger partial charge in [0.2, 0.25) is 0 Å². The van der Waals surface area contributed by atoms with Gasteiger partial charge in [-0.05, 0) is 33.2 Å². The number of aliphatic hydroxyl groups is 1. The molecule has 0 spiro atoms. The van der Waals surface area contributed by atoms with Crippen LogP contribution in [0.4, 0.5) is 0 Å². The number of fused-ring (bicyclic) bond motifs is 1. The molecular weight excluding hydrogens is 218 g/mol. The Morgan fingerprint density at radius 3 is 2.82 bits per heavy atom. The van der Waals surface area contributed by atoms with Crippen molar-refractivity contribution in [3.8, 4) is 0 Å². The Balaban J connectivity index is 2.00. The van der Waals surface area contributed by atoms with Gasteiger partial charge in [0.05, 0.1) is 6.04 Å². The molecule has 0 unspecified atom stereocenters. The molecule has 17 heavy (non-hydrogen) atoms. The van der Waals surface area contributed by atoms with E-state index in [9.17, 15) is 9.90 Å². The molecule has 4 heteroatoms. The topological polar surface area (TPSA) is 49.8 Å². The zero-order valence-electron chi connectivity index (χ0n) is 10.6. The highest BCUT2D eigenvalue weighted by Gasteiger charge is 2.45. The van der Waals surface area contributed by atoms with Crippen LogP contribution in [0.15, 0.2) is 11.6 Å². The SMILES string of the molecule is C/C=C(/C)C(=O)O[C@H]1CCN2CC[C@@H](CO)[C@H]12. The van der Waals surface area contributed by atoms with E-state index >= 15 is 0 Å². The molecule has 2 rings (SSSR count). The molecule has 0 aromatic heterocycles. The molecule has 0 saturated carbocycles. The van der Waals surface area contributed by atoms with E-state index in [1.54, 1.807) is 13.0 Å². The zero-order chi connectivity index (χ0) is 12.4. The molecule has 1 N–H and O–H groups in total. The predicted octanol–water partition coefficient (Wildman–Crippen LogP) is 0.951. The fourth-order valence-corrected chi connectivity index (χ4v) is 2.89. The molecular formula is C13H21NO3. The quantitative estimate of drug-likeness (QED) is 0.588. The lowest BCUT2D eigenvalue weighted by atomic mass is 9.97. The number of hydrogen-bond donors (Lipinski definition) is 1. The molecule has 2 aliphatic heterocycles. The maximum absolute atomic E-state index is 11.7. The molecule has 0 aromatic rings. The number of aliphatic hydroxyl groups excluding tert-OH is 1. The predicted molar refractivity (Wildman–Crippen MR) is 64.5 cm³/mol. The monoisotopic (exact) mass is 239 g/mol. The van der Waals surface area contributed by atoms with Gasteiger partial charge in [-0.15, -0.1) is 0 Å². The van der Waals surface area contributed by atoms with Gasteiger partial charge in [-0.25, -0.2) is 4.79 Å². The van der Waals surface area contributed by atoms with E-state index in [0.29, 0.717) is 5.57 Å². The van der Waals surface area contributed by atoms with Crippen LogP contribution in [-0.2, 0) is 9.53 Å². The molecule has 3 atom stereocenters. The van der Waals surface area contributed by atoms with Crippen molar-refractivity contribution in [3.63, 3.8) is 0 Å². The van der Waals surface area contributed by atoms with E-state index in [4.69, 9.17) is 4.74 Å². The lowest BCUT2D eigenvalue weighted by Gasteiger charge is -2.25. The summed E-state index contributed by atoms with van der Waals surface area (Å²) in [6, 6.07) is 0.230. The van der Waals surface area contributed by atoms with Gasteiger partial charge >= 0.3 is 5.97 Å². The maximum Gasteiger partial charge on any atom is 0.333 e. The molecule has 0 aliphatic carbocycles. The Morgan fingerprint density at radius 1 is 1.47 bits per heavy atom. The molecule has 2 saturated heterocycles. The van der Waals surface area contributed by atoms with Crippen molar-refractivity contribution in [1.29, 1.82) is 0 Å². The van der Waals surface area contributed by atoms with Gasteiger partial charge < -0.3 is 9.84 Å². The Hall–Kier alpha value is -0.870. The molecule has 2 heterocycles. The summed E-state index contributed by atoms with van der Waals surface area (Å²) in [5, 5.41) is 9.34. The third kappa shape index (κ3) is 2.38. The Labute approximate surface area is 102 Å². The number of hydrogen-bond acceptors (Lipinski definition) is 4. The summed E-state index contributed by atoms with van der Waals surface area (Å²) in [6.45, 7) is 5.80. The smallest absolute Gasteiger partial charge is 0.333 e. The van der Waals surface area contributed by atoms with Gasteiger partial charge in [0.25, 0.3) is 0 Å². The summed E-state index contributed by atoms with van der Waals surface area (Å²) in [5.41, 5.74) is 0.655. The normalized spacial score (nSPS) is 33.8. The minimum absolute atomic E-state index is 0.0444. The fraction of sp³-hybridized carbons (Fsp3) is 0.769. The first-order chi connectivity index (χ1) is 8.17. The molecule has 0 amide bonds. The molecule has 4 nitrogen and oxygen atoms in total. The molecule has 2 fully saturated rings. The van der Waals surface area contributed by atoms with Crippen LogP contribution in [0.5, 0.6) is 0 Å². The Bertz CT molecular complexity index is 327. The van der Waals surface area contributed by atoms with Crippen LogP contribution in [0.25, 0.3) is 0 Å². The Kier molecular flexibility index (Phi) is 3.84. The fourth-order valence-electron chi connectivity index (χ4n) is 2.89. The van der Waals surface area contributed by atoms with Crippen molar-refractivity contribution >= 4 is 5.97 Å². The highest BCUT2D eigenvalue weighted by Crippen LogP contribution is 2.34. The average molecular weight is 239 g/mol. The molecule has 0 radical (unpaired) electrons. The van der Waals surface area contributed by atoms with E-state index in [2.05, 4.69) is 4.90 Å². The van der Waals surface area contributed by atoms with Crippen LogP contribution in [0.2, 0.25) is 0 Å². The van der Waals surface area contributed by atoms with Crippen LogP contribution in [0.1, 0.15) is 26.7 Å². The van der Waals surface area contributed by atoms with Crippen LogP contribution in [0, 0.1) is 5.92 Å². The number of allylic oxidation sites excluding steroid dienone is 1. The van der Waals surface area contributed by atoms with Gasteiger partial charge in [-0.2, -0.15) is 0 Å². The standard InChI is InChI=1S/C13H21NO3/c1-3-9(2)13(16)17-11-5-7-14-6-4-10(8-15)12(11)14/h3,10-12,15H,4-8H2,1-2H3/b9-3-/t10-,11-,12+/m0/s1. The van der Waals surface area contributed by atoms with E-state index in [-0.39, 0.29) is 30.6 Å². The zero-order valence-corrected chi connectivity index (χ0v) is 10.6. The van der Waals surface area contributed by atoms with Crippen LogP contribution in [-0.4, -0.2) is 47.8 Å². The van der Waals surface area contributed by atoms with E-state index in [1.807, 2.05) is 6.92 Å². The molecule has 0 bridgehead atoms. The summed E-state index contributed by atoms with van der Waals surface area (Å²) >= 11 is 0. The third-order valence-electron chi connectivity index (χ3n) is 4.02. The summed E-state index contributed by atoms with van der Waals surface area (Å²) < 4.78 is 5.55. The number of ether oxygens (including phenoxy) is 1. The number of rotatable bonds is 3. The van der Waals surface area contributed by atoms with Crippen molar-refractivity contribution in [1.82, 2.24) is 4.90 Å². The lowest BCUT2D eigenvalue weighted by molar-refractivity contribution is -0.145. The van der Waals surface area contributed by atoms with Crippen molar-refractivity contribution in [2.45, 2.75) is 38.8 Å². The second-order valence-electron chi connectivity index (χ2n) is 4.96. The second-order valence-corrected chi connectivity index (χ2v) is 4.96. The first-order valence-corrected chi connectivity index (χ1v) is 6.36. The number of nitrogens with zero attached hydrogens (tertiary/aromatic N) is 1. The van der Waals surface area contributed by atoms with Crippen molar-refractivity contribution < 1.29 is 14.6 Å². The first-order valence-electron chi connectivity index (χ1n) is 6.36. The van der Waals surface area contributed by atoms with Gasteiger partial charge in [0, 0.05) is 24.6 Å². The minimum Gasteiger partial charge on any atom is -0.457 e. The number of carbonyl (C=O) groups excluding carboxylic acids is 1. The van der Waals surface area contributed by atoms with Crippen LogP contribution >= 0.6 is 0 Å². The lowest BCUT2D eigenvalue weighted by Crippen LogP contribution is -2.38. The van der Waals surface area contributed by atoms with Crippen LogP contribution in [0.3, 0.4) is 0 Å². The van der Waals surface area contributed by atoms with Crippen molar-refractivity contribution in [2.24, 2.45) is 5.92 Å². The first kappa shape index (κ1) is 12.6. The summed E-state index contributed by atoms with van der Waals surface area (Å²) in [5.74, 6) is 0.0455. The molecule has 0 aromatic carbocycles. The third-order valence-corrected chi connectivity index (χ3v) is 4.02. The van der Waals surface area contributed by atoms with Crippen molar-refractivity contribution in [3.05, 3.63) is 11.6 Å². The van der Waals surface area contributed by atoms with E-state index < -0.39 is 0 Å². The van der Waals surface area contributed by atoms with Gasteiger partial charge in [0.15, 0.2) is 0 Å².